The highest BCUT2D eigenvalue weighted by Gasteiger charge is 2.07. The lowest BCUT2D eigenvalue weighted by Gasteiger charge is -2.24. The third-order valence-corrected chi connectivity index (χ3v) is 2.81. The number of hydrogen-bond donors (Lipinski definition) is 0. The maximum Gasteiger partial charge on any atom is 0.0597 e. The topological polar surface area (TPSA) is 16.1 Å². The average molecular weight is 247 g/mol. The highest BCUT2D eigenvalue weighted by molar-refractivity contribution is 6.17. The van der Waals surface area contributed by atoms with Crippen LogP contribution in [0.3, 0.4) is 0 Å². The van der Waals surface area contributed by atoms with Gasteiger partial charge < -0.3 is 4.90 Å². The van der Waals surface area contributed by atoms with Gasteiger partial charge in [0.25, 0.3) is 0 Å². The average Bonchev–Trinajstić information content (AvgIpc) is 2.42. The summed E-state index contributed by atoms with van der Waals surface area (Å²) in [6.45, 7) is 0.902. The van der Waals surface area contributed by atoms with Crippen LogP contribution in [0.25, 0.3) is 0 Å². The highest BCUT2D eigenvalue weighted by atomic mass is 35.5. The zero-order valence-corrected chi connectivity index (χ0v) is 10.3. The van der Waals surface area contributed by atoms with E-state index in [-0.39, 0.29) is 0 Å². The molecule has 0 spiro atoms. The summed E-state index contributed by atoms with van der Waals surface area (Å²) in [5.41, 5.74) is 2.27. The minimum atomic E-state index is 0.670. The van der Waals surface area contributed by atoms with Gasteiger partial charge in [-0.2, -0.15) is 0 Å². The molecule has 0 aliphatic carbocycles. The van der Waals surface area contributed by atoms with Gasteiger partial charge in [0, 0.05) is 24.3 Å². The van der Waals surface area contributed by atoms with Crippen LogP contribution in [0, 0.1) is 0 Å². The Labute approximate surface area is 107 Å². The van der Waals surface area contributed by atoms with Crippen LogP contribution in [0.5, 0.6) is 0 Å². The lowest BCUT2D eigenvalue weighted by molar-refractivity contribution is 0.888. The minimum Gasteiger partial charge on any atom is -0.340 e. The number of aromatic nitrogens is 1. The van der Waals surface area contributed by atoms with Gasteiger partial charge in [-0.3, -0.25) is 4.98 Å². The summed E-state index contributed by atoms with van der Waals surface area (Å²) >= 11 is 5.78. The van der Waals surface area contributed by atoms with Gasteiger partial charge in [-0.05, 0) is 30.7 Å². The Hall–Kier alpha value is -1.54. The summed E-state index contributed by atoms with van der Waals surface area (Å²) in [5, 5.41) is 0. The predicted octanol–water partition coefficient (Wildman–Crippen LogP) is 3.85. The van der Waals surface area contributed by atoms with Gasteiger partial charge in [0.1, 0.15) is 0 Å². The van der Waals surface area contributed by atoms with Gasteiger partial charge in [0.15, 0.2) is 0 Å². The molecule has 0 bridgehead atoms. The molecule has 0 aliphatic rings. The molecule has 0 amide bonds. The molecule has 17 heavy (non-hydrogen) atoms. The maximum atomic E-state index is 5.78. The number of hydrogen-bond acceptors (Lipinski definition) is 2. The number of anilines is 2. The Kier molecular flexibility index (Phi) is 4.39. The molecule has 0 atom stereocenters. The van der Waals surface area contributed by atoms with Gasteiger partial charge in [0.05, 0.1) is 11.9 Å². The van der Waals surface area contributed by atoms with Gasteiger partial charge in [-0.25, -0.2) is 0 Å². The molecule has 2 aromatic rings. The summed E-state index contributed by atoms with van der Waals surface area (Å²) in [6, 6.07) is 14.3. The molecule has 0 fully saturated rings. The molecule has 0 N–H and O–H groups in total. The second-order valence-electron chi connectivity index (χ2n) is 3.74. The lowest BCUT2D eigenvalue weighted by Crippen LogP contribution is -2.18. The Balaban J connectivity index is 2.26. The van der Waals surface area contributed by atoms with Gasteiger partial charge in [0.2, 0.25) is 0 Å². The molecule has 0 saturated heterocycles. The van der Waals surface area contributed by atoms with Crippen molar-refractivity contribution < 1.29 is 0 Å². The molecule has 2 nitrogen and oxygen atoms in total. The van der Waals surface area contributed by atoms with Crippen LogP contribution in [0.4, 0.5) is 11.4 Å². The van der Waals surface area contributed by atoms with E-state index in [1.165, 1.54) is 5.69 Å². The Morgan fingerprint density at radius 3 is 2.41 bits per heavy atom. The predicted molar refractivity (Wildman–Crippen MR) is 73.0 cm³/mol. The van der Waals surface area contributed by atoms with E-state index in [0.29, 0.717) is 5.88 Å². The quantitative estimate of drug-likeness (QED) is 0.745. The Morgan fingerprint density at radius 2 is 1.76 bits per heavy atom. The number of rotatable bonds is 5. The first-order chi connectivity index (χ1) is 8.42. The van der Waals surface area contributed by atoms with Gasteiger partial charge in [-0.1, -0.05) is 18.2 Å². The summed E-state index contributed by atoms with van der Waals surface area (Å²) in [4.78, 5) is 6.40. The number of para-hydroxylation sites is 1. The molecule has 1 heterocycles. The van der Waals surface area contributed by atoms with Crippen molar-refractivity contribution >= 4 is 23.0 Å². The van der Waals surface area contributed by atoms with E-state index in [0.717, 1.165) is 18.7 Å². The SMILES string of the molecule is ClCCCN(c1ccccc1)c1cccnc1. The number of benzene rings is 1. The van der Waals surface area contributed by atoms with Crippen LogP contribution < -0.4 is 4.90 Å². The first kappa shape index (κ1) is 11.9. The fourth-order valence-corrected chi connectivity index (χ4v) is 1.87. The van der Waals surface area contributed by atoms with E-state index in [2.05, 4.69) is 28.1 Å². The summed E-state index contributed by atoms with van der Waals surface area (Å²) < 4.78 is 0. The van der Waals surface area contributed by atoms with Crippen molar-refractivity contribution in [3.8, 4) is 0 Å². The van der Waals surface area contributed by atoms with E-state index < -0.39 is 0 Å². The van der Waals surface area contributed by atoms with Crippen molar-refractivity contribution in [2.45, 2.75) is 6.42 Å². The van der Waals surface area contributed by atoms with E-state index in [1.54, 1.807) is 6.20 Å². The van der Waals surface area contributed by atoms with E-state index in [1.807, 2.05) is 30.5 Å². The van der Waals surface area contributed by atoms with Crippen molar-refractivity contribution in [3.63, 3.8) is 0 Å². The second-order valence-corrected chi connectivity index (χ2v) is 4.12. The summed E-state index contributed by atoms with van der Waals surface area (Å²) in [5.74, 6) is 0.670. The molecule has 88 valence electrons. The van der Waals surface area contributed by atoms with Crippen LogP contribution in [-0.4, -0.2) is 17.4 Å². The molecule has 3 heteroatoms. The van der Waals surface area contributed by atoms with Crippen molar-refractivity contribution in [2.24, 2.45) is 0 Å². The molecule has 0 radical (unpaired) electrons. The monoisotopic (exact) mass is 246 g/mol. The second kappa shape index (κ2) is 6.26. The third-order valence-electron chi connectivity index (χ3n) is 2.54. The van der Waals surface area contributed by atoms with Crippen molar-refractivity contribution in [1.29, 1.82) is 0 Å². The first-order valence-corrected chi connectivity index (χ1v) is 6.24. The van der Waals surface area contributed by atoms with Crippen LogP contribution in [-0.2, 0) is 0 Å². The molecule has 0 saturated carbocycles. The summed E-state index contributed by atoms with van der Waals surface area (Å²) in [6.07, 6.45) is 4.61. The zero-order chi connectivity index (χ0) is 11.9. The fourth-order valence-electron chi connectivity index (χ4n) is 1.75. The molecule has 1 aromatic heterocycles. The van der Waals surface area contributed by atoms with Crippen LogP contribution in [0.15, 0.2) is 54.9 Å². The van der Waals surface area contributed by atoms with Gasteiger partial charge in [-0.15, -0.1) is 11.6 Å². The molecule has 2 rings (SSSR count). The maximum absolute atomic E-state index is 5.78. The standard InChI is InChI=1S/C14H15ClN2/c15-9-5-11-17(13-6-2-1-3-7-13)14-8-4-10-16-12-14/h1-4,6-8,10,12H,5,9,11H2. The van der Waals surface area contributed by atoms with Crippen molar-refractivity contribution in [2.75, 3.05) is 17.3 Å². The number of nitrogens with zero attached hydrogens (tertiary/aromatic N) is 2. The number of halogens is 1. The lowest BCUT2D eigenvalue weighted by atomic mass is 10.2. The molecule has 0 unspecified atom stereocenters. The van der Waals surface area contributed by atoms with Crippen LogP contribution >= 0.6 is 11.6 Å². The summed E-state index contributed by atoms with van der Waals surface area (Å²) in [7, 11) is 0. The normalized spacial score (nSPS) is 10.2. The molecular formula is C14H15ClN2. The Bertz CT molecular complexity index is 391. The smallest absolute Gasteiger partial charge is 0.0597 e. The van der Waals surface area contributed by atoms with Crippen molar-refractivity contribution in [3.05, 3.63) is 54.9 Å². The van der Waals surface area contributed by atoms with E-state index in [9.17, 15) is 0 Å². The van der Waals surface area contributed by atoms with E-state index in [4.69, 9.17) is 11.6 Å². The minimum absolute atomic E-state index is 0.670. The highest BCUT2D eigenvalue weighted by Crippen LogP contribution is 2.24. The van der Waals surface area contributed by atoms with E-state index >= 15 is 0 Å². The number of alkyl halides is 1. The third kappa shape index (κ3) is 3.21. The molecule has 1 aromatic carbocycles. The molecule has 0 aliphatic heterocycles. The van der Waals surface area contributed by atoms with Crippen LogP contribution in [0.1, 0.15) is 6.42 Å². The van der Waals surface area contributed by atoms with Gasteiger partial charge >= 0.3 is 0 Å². The molecular weight excluding hydrogens is 232 g/mol. The zero-order valence-electron chi connectivity index (χ0n) is 9.59. The van der Waals surface area contributed by atoms with Crippen LogP contribution in [0.2, 0.25) is 0 Å². The fraction of sp³-hybridized carbons (Fsp3) is 0.214. The first-order valence-electron chi connectivity index (χ1n) is 5.70. The van der Waals surface area contributed by atoms with Crippen molar-refractivity contribution in [1.82, 2.24) is 4.98 Å². The Morgan fingerprint density at radius 1 is 1.00 bits per heavy atom. The number of pyridine rings is 1. The largest absolute Gasteiger partial charge is 0.340 e.